The number of methoxy groups -OCH3 is 1. The molecule has 1 unspecified atom stereocenters. The summed E-state index contributed by atoms with van der Waals surface area (Å²) in [5, 5.41) is 14.5. The lowest BCUT2D eigenvalue weighted by atomic mass is 10.3. The Morgan fingerprint density at radius 2 is 2.38 bits per heavy atom. The van der Waals surface area contributed by atoms with E-state index >= 15 is 0 Å². The van der Waals surface area contributed by atoms with Crippen LogP contribution in [-0.4, -0.2) is 41.9 Å². The molecule has 0 aliphatic carbocycles. The maximum Gasteiger partial charge on any atom is 0.334 e. The monoisotopic (exact) mass is 228 g/mol. The number of nitrogens with one attached hydrogen (secondary N) is 1. The van der Waals surface area contributed by atoms with Crippen LogP contribution in [-0.2, 0) is 9.53 Å². The highest BCUT2D eigenvalue weighted by molar-refractivity contribution is 5.92. The summed E-state index contributed by atoms with van der Waals surface area (Å²) in [4.78, 5) is 22.0. The molecule has 0 spiro atoms. The molecule has 0 saturated heterocycles. The first kappa shape index (κ1) is 12.2. The molecule has 2 N–H and O–H groups in total. The van der Waals surface area contributed by atoms with Crippen LogP contribution in [0.2, 0.25) is 0 Å². The number of carboxylic acids is 1. The van der Waals surface area contributed by atoms with Crippen molar-refractivity contribution in [3.8, 4) is 0 Å². The van der Waals surface area contributed by atoms with Gasteiger partial charge < -0.3 is 19.7 Å². The fraction of sp³-hybridized carbons (Fsp3) is 0.444. The van der Waals surface area contributed by atoms with Crippen LogP contribution < -0.4 is 5.32 Å². The molecule has 1 aromatic rings. The van der Waals surface area contributed by atoms with Crippen molar-refractivity contribution in [1.29, 1.82) is 0 Å². The average molecular weight is 228 g/mol. The van der Waals surface area contributed by atoms with Crippen LogP contribution in [0.5, 0.6) is 0 Å². The lowest BCUT2D eigenvalue weighted by Gasteiger charge is -2.10. The van der Waals surface area contributed by atoms with Gasteiger partial charge in [-0.1, -0.05) is 5.16 Å². The first-order valence-corrected chi connectivity index (χ1v) is 4.51. The minimum Gasteiger partial charge on any atom is -0.479 e. The molecule has 1 aromatic heterocycles. The summed E-state index contributed by atoms with van der Waals surface area (Å²) in [6.07, 6.45) is -1.07. The van der Waals surface area contributed by atoms with Crippen LogP contribution in [0.1, 0.15) is 16.2 Å². The summed E-state index contributed by atoms with van der Waals surface area (Å²) in [5.74, 6) is -1.13. The number of aromatic nitrogens is 1. The zero-order chi connectivity index (χ0) is 12.1. The molecule has 0 aliphatic rings. The number of ether oxygens (including phenoxy) is 1. The third-order valence-corrected chi connectivity index (χ3v) is 1.87. The summed E-state index contributed by atoms with van der Waals surface area (Å²) in [7, 11) is 1.26. The Bertz CT molecular complexity index is 387. The first-order chi connectivity index (χ1) is 7.54. The van der Waals surface area contributed by atoms with Gasteiger partial charge in [0.25, 0.3) is 5.91 Å². The molecule has 0 bridgehead atoms. The van der Waals surface area contributed by atoms with Gasteiger partial charge in [-0.05, 0) is 6.92 Å². The van der Waals surface area contributed by atoms with Crippen molar-refractivity contribution < 1.29 is 24.0 Å². The van der Waals surface area contributed by atoms with Gasteiger partial charge in [0, 0.05) is 13.2 Å². The van der Waals surface area contributed by atoms with E-state index in [1.54, 1.807) is 6.92 Å². The van der Waals surface area contributed by atoms with Gasteiger partial charge in [-0.3, -0.25) is 4.79 Å². The van der Waals surface area contributed by atoms with Crippen molar-refractivity contribution in [2.75, 3.05) is 13.7 Å². The molecule has 0 aliphatic heterocycles. The molecule has 7 heteroatoms. The number of aryl methyl sites for hydroxylation is 1. The molecule has 0 radical (unpaired) electrons. The van der Waals surface area contributed by atoms with Gasteiger partial charge in [0.15, 0.2) is 11.8 Å². The van der Waals surface area contributed by atoms with Crippen LogP contribution >= 0.6 is 0 Å². The lowest BCUT2D eigenvalue weighted by molar-refractivity contribution is -0.148. The van der Waals surface area contributed by atoms with Crippen LogP contribution in [0.4, 0.5) is 0 Å². The summed E-state index contributed by atoms with van der Waals surface area (Å²) in [5.41, 5.74) is 0.109. The van der Waals surface area contributed by atoms with Crippen LogP contribution in [0.3, 0.4) is 0 Å². The highest BCUT2D eigenvalue weighted by Crippen LogP contribution is 2.01. The normalized spacial score (nSPS) is 12.1. The number of hydrogen-bond donors (Lipinski definition) is 2. The maximum absolute atomic E-state index is 11.4. The number of aliphatic carboxylic acids is 1. The molecule has 88 valence electrons. The average Bonchev–Trinajstić information content (AvgIpc) is 2.65. The molecule has 0 saturated carbocycles. The Morgan fingerprint density at radius 3 is 2.81 bits per heavy atom. The maximum atomic E-state index is 11.4. The Morgan fingerprint density at radius 1 is 1.69 bits per heavy atom. The number of carboxylic acid groups (broad SMARTS) is 1. The predicted molar refractivity (Wildman–Crippen MR) is 52.0 cm³/mol. The smallest absolute Gasteiger partial charge is 0.334 e. The van der Waals surface area contributed by atoms with Gasteiger partial charge in [0.1, 0.15) is 5.76 Å². The van der Waals surface area contributed by atoms with E-state index in [1.807, 2.05) is 0 Å². The van der Waals surface area contributed by atoms with Crippen molar-refractivity contribution in [2.45, 2.75) is 13.0 Å². The number of nitrogens with zero attached hydrogens (tertiary/aromatic N) is 1. The molecule has 0 fully saturated rings. The van der Waals surface area contributed by atoms with Crippen molar-refractivity contribution in [3.05, 3.63) is 17.5 Å². The van der Waals surface area contributed by atoms with Gasteiger partial charge >= 0.3 is 5.97 Å². The quantitative estimate of drug-likeness (QED) is 0.724. The minimum absolute atomic E-state index is 0.109. The second-order valence-corrected chi connectivity index (χ2v) is 3.10. The Kier molecular flexibility index (Phi) is 4.01. The van der Waals surface area contributed by atoms with E-state index in [2.05, 4.69) is 15.2 Å². The third-order valence-electron chi connectivity index (χ3n) is 1.87. The van der Waals surface area contributed by atoms with E-state index in [-0.39, 0.29) is 12.2 Å². The lowest BCUT2D eigenvalue weighted by Crippen LogP contribution is -2.37. The van der Waals surface area contributed by atoms with E-state index in [1.165, 1.54) is 13.2 Å². The summed E-state index contributed by atoms with van der Waals surface area (Å²) in [6, 6.07) is 1.46. The molecule has 7 nitrogen and oxygen atoms in total. The van der Waals surface area contributed by atoms with E-state index in [9.17, 15) is 9.59 Å². The third kappa shape index (κ3) is 3.06. The zero-order valence-corrected chi connectivity index (χ0v) is 8.89. The van der Waals surface area contributed by atoms with Crippen LogP contribution in [0.15, 0.2) is 10.6 Å². The van der Waals surface area contributed by atoms with E-state index < -0.39 is 18.0 Å². The zero-order valence-electron chi connectivity index (χ0n) is 8.89. The van der Waals surface area contributed by atoms with Crippen LogP contribution in [0, 0.1) is 6.92 Å². The van der Waals surface area contributed by atoms with Crippen molar-refractivity contribution in [1.82, 2.24) is 10.5 Å². The molecule has 1 amide bonds. The number of hydrogen-bond acceptors (Lipinski definition) is 5. The second kappa shape index (κ2) is 5.26. The van der Waals surface area contributed by atoms with E-state index in [0.29, 0.717) is 5.76 Å². The summed E-state index contributed by atoms with van der Waals surface area (Å²) in [6.45, 7) is 1.52. The Hall–Kier alpha value is -1.89. The second-order valence-electron chi connectivity index (χ2n) is 3.10. The standard InChI is InChI=1S/C9H12N2O5/c1-5-3-6(11-16-5)8(12)10-4-7(15-2)9(13)14/h3,7H,4H2,1-2H3,(H,10,12)(H,13,14). The number of amides is 1. The van der Waals surface area contributed by atoms with E-state index in [0.717, 1.165) is 0 Å². The number of carbonyl (C=O) groups excluding carboxylic acids is 1. The topological polar surface area (TPSA) is 102 Å². The Balaban J connectivity index is 2.49. The molecular weight excluding hydrogens is 216 g/mol. The number of rotatable bonds is 5. The highest BCUT2D eigenvalue weighted by atomic mass is 16.5. The predicted octanol–water partition coefficient (Wildman–Crippen LogP) is -0.188. The summed E-state index contributed by atoms with van der Waals surface area (Å²) >= 11 is 0. The van der Waals surface area contributed by atoms with Gasteiger partial charge in [-0.2, -0.15) is 0 Å². The van der Waals surface area contributed by atoms with Crippen molar-refractivity contribution in [3.63, 3.8) is 0 Å². The van der Waals surface area contributed by atoms with Crippen molar-refractivity contribution in [2.24, 2.45) is 0 Å². The van der Waals surface area contributed by atoms with Crippen LogP contribution in [0.25, 0.3) is 0 Å². The molecule has 0 aromatic carbocycles. The minimum atomic E-state index is -1.14. The van der Waals surface area contributed by atoms with E-state index in [4.69, 9.17) is 9.63 Å². The summed E-state index contributed by atoms with van der Waals surface area (Å²) < 4.78 is 9.35. The van der Waals surface area contributed by atoms with Gasteiger partial charge in [0.2, 0.25) is 0 Å². The molecular formula is C9H12N2O5. The van der Waals surface area contributed by atoms with Crippen molar-refractivity contribution >= 4 is 11.9 Å². The highest BCUT2D eigenvalue weighted by Gasteiger charge is 2.18. The van der Waals surface area contributed by atoms with Gasteiger partial charge in [-0.15, -0.1) is 0 Å². The molecule has 1 rings (SSSR count). The largest absolute Gasteiger partial charge is 0.479 e. The van der Waals surface area contributed by atoms with Gasteiger partial charge in [0.05, 0.1) is 6.54 Å². The number of carbonyl (C=O) groups is 2. The molecule has 1 atom stereocenters. The molecule has 16 heavy (non-hydrogen) atoms. The fourth-order valence-electron chi connectivity index (χ4n) is 1.02. The Labute approximate surface area is 91.4 Å². The van der Waals surface area contributed by atoms with Gasteiger partial charge in [-0.25, -0.2) is 4.79 Å². The molecule has 1 heterocycles. The first-order valence-electron chi connectivity index (χ1n) is 4.51. The SMILES string of the molecule is COC(CNC(=O)c1cc(C)on1)C(=O)O. The fourth-order valence-corrected chi connectivity index (χ4v) is 1.02.